The Bertz CT molecular complexity index is 1150. The van der Waals surface area contributed by atoms with Crippen molar-refractivity contribution in [2.24, 2.45) is 5.92 Å². The van der Waals surface area contributed by atoms with E-state index in [-0.39, 0.29) is 6.03 Å². The Labute approximate surface area is 229 Å². The number of carbonyl (C=O) groups is 1. The van der Waals surface area contributed by atoms with E-state index in [9.17, 15) is 4.79 Å². The lowest BCUT2D eigenvalue weighted by Gasteiger charge is -2.28. The number of carbonyl (C=O) groups excluding carboxylic acids is 1. The van der Waals surface area contributed by atoms with Crippen molar-refractivity contribution in [3.8, 4) is 0 Å². The van der Waals surface area contributed by atoms with Crippen molar-refractivity contribution in [3.63, 3.8) is 0 Å². The van der Waals surface area contributed by atoms with Gasteiger partial charge in [-0.3, -0.25) is 4.90 Å². The minimum atomic E-state index is -0.138. The molecule has 0 aromatic heterocycles. The van der Waals surface area contributed by atoms with E-state index in [0.29, 0.717) is 25.7 Å². The van der Waals surface area contributed by atoms with E-state index in [1.807, 2.05) is 37.3 Å². The van der Waals surface area contributed by atoms with Gasteiger partial charge in [0.2, 0.25) is 0 Å². The second kappa shape index (κ2) is 13.6. The van der Waals surface area contributed by atoms with E-state index < -0.39 is 0 Å². The number of anilines is 1. The fourth-order valence-corrected chi connectivity index (χ4v) is 5.64. The molecule has 1 fully saturated rings. The number of rotatable bonds is 7. The van der Waals surface area contributed by atoms with Crippen molar-refractivity contribution < 1.29 is 9.53 Å². The summed E-state index contributed by atoms with van der Waals surface area (Å²) < 4.78 is 5.79. The number of hydrogen-bond donors (Lipinski definition) is 1. The molecule has 1 aliphatic heterocycles. The van der Waals surface area contributed by atoms with Crippen molar-refractivity contribution in [1.29, 1.82) is 0 Å². The lowest BCUT2D eigenvalue weighted by molar-refractivity contribution is 0.150. The summed E-state index contributed by atoms with van der Waals surface area (Å²) in [6.07, 6.45) is 11.9. The molecule has 0 unspecified atom stereocenters. The predicted molar refractivity (Wildman–Crippen MR) is 159 cm³/mol. The number of benzene rings is 2. The molecule has 2 aliphatic rings. The predicted octanol–water partition coefficient (Wildman–Crippen LogP) is 8.95. The smallest absolute Gasteiger partial charge is 0.326 e. The summed E-state index contributed by atoms with van der Waals surface area (Å²) >= 11 is 0. The number of hydrogen-bond acceptors (Lipinski definition) is 2. The zero-order valence-electron chi connectivity index (χ0n) is 23.6. The molecule has 0 saturated heterocycles. The highest BCUT2D eigenvalue weighted by atomic mass is 16.5. The molecule has 0 radical (unpaired) electrons. The van der Waals surface area contributed by atoms with Gasteiger partial charge in [-0.15, -0.1) is 0 Å². The Kier molecular flexibility index (Phi) is 10.0. The van der Waals surface area contributed by atoms with Crippen LogP contribution in [0.3, 0.4) is 0 Å². The lowest BCUT2D eigenvalue weighted by atomic mass is 9.77. The maximum absolute atomic E-state index is 13.3. The fraction of sp³-hybridized carbons (Fsp3) is 0.441. The van der Waals surface area contributed by atoms with Crippen molar-refractivity contribution >= 4 is 17.3 Å². The van der Waals surface area contributed by atoms with Gasteiger partial charge in [0.15, 0.2) is 0 Å². The average molecular weight is 513 g/mol. The normalized spacial score (nSPS) is 21.3. The van der Waals surface area contributed by atoms with E-state index >= 15 is 0 Å². The van der Waals surface area contributed by atoms with E-state index in [1.54, 1.807) is 4.90 Å². The molecule has 202 valence electrons. The second-order valence-corrected chi connectivity index (χ2v) is 10.8. The van der Waals surface area contributed by atoms with Gasteiger partial charge in [-0.2, -0.15) is 0 Å². The van der Waals surface area contributed by atoms with Gasteiger partial charge in [0.1, 0.15) is 0 Å². The zero-order chi connectivity index (χ0) is 26.9. The first-order valence-corrected chi connectivity index (χ1v) is 14.4. The topological polar surface area (TPSA) is 41.6 Å². The van der Waals surface area contributed by atoms with Gasteiger partial charge in [0.05, 0.1) is 19.8 Å². The molecule has 2 aromatic rings. The monoisotopic (exact) mass is 512 g/mol. The van der Waals surface area contributed by atoms with Crippen LogP contribution in [0.4, 0.5) is 10.5 Å². The van der Waals surface area contributed by atoms with Crippen LogP contribution in [0.25, 0.3) is 5.57 Å². The summed E-state index contributed by atoms with van der Waals surface area (Å²) in [4.78, 5) is 15.1. The number of nitrogens with zero attached hydrogens (tertiary/aromatic N) is 1. The van der Waals surface area contributed by atoms with Crippen LogP contribution in [-0.4, -0.2) is 30.7 Å². The summed E-state index contributed by atoms with van der Waals surface area (Å²) in [5.41, 5.74) is 8.01. The Hall–Kier alpha value is -3.11. The molecule has 0 atom stereocenters. The molecule has 38 heavy (non-hydrogen) atoms. The summed E-state index contributed by atoms with van der Waals surface area (Å²) in [6.45, 7) is 10.3. The van der Waals surface area contributed by atoms with Crippen LogP contribution in [0.2, 0.25) is 0 Å². The van der Waals surface area contributed by atoms with Crippen molar-refractivity contribution in [3.05, 3.63) is 94.7 Å². The molecule has 2 aromatic carbocycles. The third-order valence-corrected chi connectivity index (χ3v) is 8.29. The van der Waals surface area contributed by atoms with E-state index in [0.717, 1.165) is 29.3 Å². The number of para-hydroxylation sites is 1. The standard InChI is InChI=1S/C34H44N2O2/c1-5-25(3)32(30-18-16-29(17-19-30)28-14-12-27(6-2)13-15-28)20-21-33-26(4)24-38-23-22-36(33)34(37)35-31-10-8-7-9-11-31/h7-11,16-21,27-28H,5-6,12-15,22-24H2,1-4H3,(H,35,37). The first-order chi connectivity index (χ1) is 18.5. The van der Waals surface area contributed by atoms with Crippen LogP contribution in [0, 0.1) is 5.92 Å². The summed E-state index contributed by atoms with van der Waals surface area (Å²) in [5.74, 6) is 1.61. The first-order valence-electron chi connectivity index (χ1n) is 14.4. The molecule has 0 bridgehead atoms. The number of ether oxygens (including phenoxy) is 1. The third kappa shape index (κ3) is 7.05. The lowest BCUT2D eigenvalue weighted by Crippen LogP contribution is -2.35. The number of nitrogens with one attached hydrogen (secondary N) is 1. The van der Waals surface area contributed by atoms with Gasteiger partial charge < -0.3 is 10.1 Å². The minimum Gasteiger partial charge on any atom is -0.375 e. The van der Waals surface area contributed by atoms with Crippen LogP contribution in [0.5, 0.6) is 0 Å². The highest BCUT2D eigenvalue weighted by Crippen LogP contribution is 2.37. The summed E-state index contributed by atoms with van der Waals surface area (Å²) in [5, 5.41) is 3.04. The molecular formula is C34H44N2O2. The van der Waals surface area contributed by atoms with Gasteiger partial charge in [0, 0.05) is 11.4 Å². The largest absolute Gasteiger partial charge is 0.375 e. The quantitative estimate of drug-likeness (QED) is 0.376. The van der Waals surface area contributed by atoms with Gasteiger partial charge in [-0.05, 0) is 98.3 Å². The average Bonchev–Trinajstić information content (AvgIpc) is 3.15. The second-order valence-electron chi connectivity index (χ2n) is 10.8. The molecule has 2 amide bonds. The number of urea groups is 1. The van der Waals surface area contributed by atoms with Gasteiger partial charge in [-0.25, -0.2) is 4.79 Å². The van der Waals surface area contributed by atoms with E-state index in [2.05, 4.69) is 62.5 Å². The maximum Gasteiger partial charge on any atom is 0.326 e. The van der Waals surface area contributed by atoms with Crippen LogP contribution >= 0.6 is 0 Å². The number of amides is 2. The van der Waals surface area contributed by atoms with E-state index in [1.165, 1.54) is 54.4 Å². The Balaban J connectivity index is 1.55. The Morgan fingerprint density at radius 2 is 1.74 bits per heavy atom. The fourth-order valence-electron chi connectivity index (χ4n) is 5.64. The van der Waals surface area contributed by atoms with Crippen LogP contribution in [0.1, 0.15) is 83.3 Å². The molecule has 4 nitrogen and oxygen atoms in total. The van der Waals surface area contributed by atoms with Gasteiger partial charge in [-0.1, -0.05) is 74.4 Å². The van der Waals surface area contributed by atoms with Crippen LogP contribution in [-0.2, 0) is 4.74 Å². The summed E-state index contributed by atoms with van der Waals surface area (Å²) in [6, 6.07) is 18.7. The molecule has 0 spiro atoms. The highest BCUT2D eigenvalue weighted by Gasteiger charge is 2.23. The number of allylic oxidation sites excluding steroid dienone is 4. The van der Waals surface area contributed by atoms with E-state index in [4.69, 9.17) is 4.74 Å². The summed E-state index contributed by atoms with van der Waals surface area (Å²) in [7, 11) is 0. The third-order valence-electron chi connectivity index (χ3n) is 8.29. The maximum atomic E-state index is 13.3. The molecule has 4 heteroatoms. The Morgan fingerprint density at radius 1 is 1.03 bits per heavy atom. The molecule has 1 N–H and O–H groups in total. The SMILES string of the molecule is CCC(C)=C(C=CC1=C(C)COCCN1C(=O)Nc1ccccc1)c1ccc(C2CCC(CC)CC2)cc1. The first kappa shape index (κ1) is 27.9. The van der Waals surface area contributed by atoms with Crippen molar-refractivity contribution in [1.82, 2.24) is 4.90 Å². The van der Waals surface area contributed by atoms with Crippen molar-refractivity contribution in [2.75, 3.05) is 25.1 Å². The molecule has 4 rings (SSSR count). The zero-order valence-corrected chi connectivity index (χ0v) is 23.6. The van der Waals surface area contributed by atoms with Crippen molar-refractivity contribution in [2.45, 2.75) is 72.1 Å². The Morgan fingerprint density at radius 3 is 2.39 bits per heavy atom. The van der Waals surface area contributed by atoms with Gasteiger partial charge in [0.25, 0.3) is 0 Å². The molecule has 1 aliphatic carbocycles. The van der Waals surface area contributed by atoms with Gasteiger partial charge >= 0.3 is 6.03 Å². The molecule has 1 heterocycles. The van der Waals surface area contributed by atoms with Crippen LogP contribution < -0.4 is 5.32 Å². The highest BCUT2D eigenvalue weighted by molar-refractivity contribution is 5.91. The molecule has 1 saturated carbocycles. The minimum absolute atomic E-state index is 0.138. The molecular weight excluding hydrogens is 468 g/mol. The van der Waals surface area contributed by atoms with Crippen LogP contribution in [0.15, 0.2) is 83.6 Å².